The Morgan fingerprint density at radius 1 is 1.05 bits per heavy atom. The number of nitrogens with zero attached hydrogens (tertiary/aromatic N) is 1. The van der Waals surface area contributed by atoms with Gasteiger partial charge in [-0.2, -0.15) is 0 Å². The topological polar surface area (TPSA) is 12.5 Å². The van der Waals surface area contributed by atoms with Crippen LogP contribution in [0.3, 0.4) is 0 Å². The van der Waals surface area contributed by atoms with E-state index >= 15 is 0 Å². The molecule has 0 amide bonds. The fourth-order valence-electron chi connectivity index (χ4n) is 2.13. The molecular weight excluding hydrogens is 241 g/mol. The molecule has 0 fully saturated rings. The molecule has 0 aliphatic heterocycles. The summed E-state index contributed by atoms with van der Waals surface area (Å²) in [7, 11) is 3.68. The van der Waals surface area contributed by atoms with Crippen LogP contribution in [0, 0.1) is 5.82 Å². The maximum absolute atomic E-state index is 13.1. The average molecular weight is 259 g/mol. The predicted octanol–water partition coefficient (Wildman–Crippen LogP) is 3.47. The highest BCUT2D eigenvalue weighted by Crippen LogP contribution is 2.19. The van der Waals surface area contributed by atoms with Gasteiger partial charge in [-0.15, -0.1) is 0 Å². The lowest BCUT2D eigenvalue weighted by molar-refractivity contribution is 0.309. The Morgan fingerprint density at radius 3 is 2.58 bits per heavy atom. The Balaban J connectivity index is 2.03. The minimum absolute atomic E-state index is 0.191. The maximum atomic E-state index is 13.1. The molecule has 0 aliphatic rings. The monoisotopic (exact) mass is 259 g/mol. The van der Waals surface area contributed by atoms with E-state index in [1.54, 1.807) is 19.2 Å². The van der Waals surface area contributed by atoms with Crippen LogP contribution in [0.1, 0.15) is 11.1 Å². The third-order valence-electron chi connectivity index (χ3n) is 2.97. The van der Waals surface area contributed by atoms with Crippen molar-refractivity contribution in [1.29, 1.82) is 0 Å². The van der Waals surface area contributed by atoms with Crippen molar-refractivity contribution in [1.82, 2.24) is 4.90 Å². The zero-order valence-corrected chi connectivity index (χ0v) is 11.3. The molecular formula is C16H18FNO. The lowest BCUT2D eigenvalue weighted by Crippen LogP contribution is -2.17. The normalized spacial score (nSPS) is 10.7. The van der Waals surface area contributed by atoms with Gasteiger partial charge in [-0.25, -0.2) is 4.39 Å². The molecule has 0 bridgehead atoms. The Morgan fingerprint density at radius 2 is 1.84 bits per heavy atom. The molecule has 100 valence electrons. The van der Waals surface area contributed by atoms with Crippen molar-refractivity contribution in [3.8, 4) is 5.75 Å². The quantitative estimate of drug-likeness (QED) is 0.815. The summed E-state index contributed by atoms with van der Waals surface area (Å²) < 4.78 is 18.5. The van der Waals surface area contributed by atoms with E-state index in [2.05, 4.69) is 4.90 Å². The molecule has 0 radical (unpaired) electrons. The number of hydrogen-bond acceptors (Lipinski definition) is 2. The number of ether oxygens (including phenoxy) is 1. The van der Waals surface area contributed by atoms with Crippen LogP contribution < -0.4 is 4.74 Å². The van der Waals surface area contributed by atoms with Crippen LogP contribution in [0.25, 0.3) is 0 Å². The summed E-state index contributed by atoms with van der Waals surface area (Å²) in [6.45, 7) is 1.47. The minimum atomic E-state index is -0.191. The number of hydrogen-bond donors (Lipinski definition) is 0. The molecule has 0 saturated heterocycles. The summed E-state index contributed by atoms with van der Waals surface area (Å²) in [5.41, 5.74) is 2.10. The molecule has 0 atom stereocenters. The first kappa shape index (κ1) is 13.6. The Bertz CT molecular complexity index is 542. The fourth-order valence-corrected chi connectivity index (χ4v) is 2.13. The number of benzene rings is 2. The lowest BCUT2D eigenvalue weighted by atomic mass is 10.1. The second-order valence-electron chi connectivity index (χ2n) is 4.61. The highest BCUT2D eigenvalue weighted by molar-refractivity contribution is 5.33. The van der Waals surface area contributed by atoms with Gasteiger partial charge in [-0.3, -0.25) is 4.90 Å². The summed E-state index contributed by atoms with van der Waals surface area (Å²) in [6.07, 6.45) is 0. The van der Waals surface area contributed by atoms with E-state index in [1.165, 1.54) is 6.07 Å². The zero-order valence-electron chi connectivity index (χ0n) is 11.3. The van der Waals surface area contributed by atoms with Crippen LogP contribution in [-0.2, 0) is 13.1 Å². The van der Waals surface area contributed by atoms with Crippen LogP contribution in [-0.4, -0.2) is 19.1 Å². The molecule has 3 heteroatoms. The van der Waals surface area contributed by atoms with Crippen molar-refractivity contribution in [3.05, 3.63) is 65.5 Å². The summed E-state index contributed by atoms with van der Waals surface area (Å²) in [6, 6.07) is 14.6. The summed E-state index contributed by atoms with van der Waals surface area (Å²) in [4.78, 5) is 2.13. The van der Waals surface area contributed by atoms with E-state index in [4.69, 9.17) is 4.74 Å². The van der Waals surface area contributed by atoms with E-state index in [1.807, 2.05) is 37.4 Å². The maximum Gasteiger partial charge on any atom is 0.123 e. The molecule has 0 aliphatic carbocycles. The van der Waals surface area contributed by atoms with Gasteiger partial charge in [0, 0.05) is 18.7 Å². The minimum Gasteiger partial charge on any atom is -0.496 e. The molecule has 0 saturated carbocycles. The highest BCUT2D eigenvalue weighted by atomic mass is 19.1. The molecule has 0 spiro atoms. The zero-order chi connectivity index (χ0) is 13.7. The van der Waals surface area contributed by atoms with Crippen LogP contribution in [0.15, 0.2) is 48.5 Å². The van der Waals surface area contributed by atoms with Crippen molar-refractivity contribution in [2.45, 2.75) is 13.1 Å². The summed E-state index contributed by atoms with van der Waals surface area (Å²) in [5, 5.41) is 0. The number of methoxy groups -OCH3 is 1. The number of halogens is 1. The lowest BCUT2D eigenvalue weighted by Gasteiger charge is -2.18. The smallest absolute Gasteiger partial charge is 0.123 e. The molecule has 0 unspecified atom stereocenters. The van der Waals surface area contributed by atoms with E-state index in [0.29, 0.717) is 6.54 Å². The van der Waals surface area contributed by atoms with Crippen molar-refractivity contribution >= 4 is 0 Å². The van der Waals surface area contributed by atoms with Gasteiger partial charge in [0.2, 0.25) is 0 Å². The van der Waals surface area contributed by atoms with E-state index in [0.717, 1.165) is 23.4 Å². The molecule has 2 rings (SSSR count). The van der Waals surface area contributed by atoms with Crippen molar-refractivity contribution in [2.24, 2.45) is 0 Å². The Hall–Kier alpha value is -1.87. The summed E-state index contributed by atoms with van der Waals surface area (Å²) >= 11 is 0. The largest absolute Gasteiger partial charge is 0.496 e. The molecule has 0 N–H and O–H groups in total. The fraction of sp³-hybridized carbons (Fsp3) is 0.250. The van der Waals surface area contributed by atoms with Crippen LogP contribution in [0.4, 0.5) is 4.39 Å². The Kier molecular flexibility index (Phi) is 4.53. The van der Waals surface area contributed by atoms with Gasteiger partial charge in [0.15, 0.2) is 0 Å². The van der Waals surface area contributed by atoms with Gasteiger partial charge < -0.3 is 4.74 Å². The molecule has 0 heterocycles. The van der Waals surface area contributed by atoms with Crippen LogP contribution >= 0.6 is 0 Å². The third kappa shape index (κ3) is 3.80. The first-order chi connectivity index (χ1) is 9.19. The first-order valence-electron chi connectivity index (χ1n) is 6.24. The van der Waals surface area contributed by atoms with Gasteiger partial charge in [0.1, 0.15) is 11.6 Å². The van der Waals surface area contributed by atoms with Gasteiger partial charge in [0.05, 0.1) is 7.11 Å². The van der Waals surface area contributed by atoms with Crippen LogP contribution in [0.2, 0.25) is 0 Å². The first-order valence-corrected chi connectivity index (χ1v) is 6.24. The molecule has 19 heavy (non-hydrogen) atoms. The van der Waals surface area contributed by atoms with Crippen molar-refractivity contribution in [3.63, 3.8) is 0 Å². The van der Waals surface area contributed by atoms with Gasteiger partial charge in [-0.05, 0) is 30.8 Å². The molecule has 0 aromatic heterocycles. The standard InChI is InChI=1S/C16H18FNO/c1-18(11-13-6-5-8-15(17)10-13)12-14-7-3-4-9-16(14)19-2/h3-10H,11-12H2,1-2H3. The summed E-state index contributed by atoms with van der Waals surface area (Å²) in [5.74, 6) is 0.691. The molecule has 2 aromatic carbocycles. The second kappa shape index (κ2) is 6.34. The van der Waals surface area contributed by atoms with Crippen molar-refractivity contribution < 1.29 is 9.13 Å². The Labute approximate surface area is 113 Å². The molecule has 2 aromatic rings. The van der Waals surface area contributed by atoms with Crippen LogP contribution in [0.5, 0.6) is 5.75 Å². The van der Waals surface area contributed by atoms with E-state index < -0.39 is 0 Å². The predicted molar refractivity (Wildman–Crippen MR) is 74.6 cm³/mol. The second-order valence-corrected chi connectivity index (χ2v) is 4.61. The highest BCUT2D eigenvalue weighted by Gasteiger charge is 2.06. The van der Waals surface area contributed by atoms with Gasteiger partial charge in [-0.1, -0.05) is 30.3 Å². The third-order valence-corrected chi connectivity index (χ3v) is 2.97. The van der Waals surface area contributed by atoms with E-state index in [9.17, 15) is 4.39 Å². The number of rotatable bonds is 5. The van der Waals surface area contributed by atoms with Gasteiger partial charge >= 0.3 is 0 Å². The van der Waals surface area contributed by atoms with Gasteiger partial charge in [0.25, 0.3) is 0 Å². The SMILES string of the molecule is COc1ccccc1CN(C)Cc1cccc(F)c1. The molecule has 2 nitrogen and oxygen atoms in total. The van der Waals surface area contributed by atoms with Crippen molar-refractivity contribution in [2.75, 3.05) is 14.2 Å². The number of para-hydroxylation sites is 1. The van der Waals surface area contributed by atoms with E-state index in [-0.39, 0.29) is 5.82 Å². The average Bonchev–Trinajstić information content (AvgIpc) is 2.39.